The van der Waals surface area contributed by atoms with Crippen LogP contribution in [0.2, 0.25) is 0 Å². The number of hydrazine groups is 1. The van der Waals surface area contributed by atoms with E-state index in [1.165, 1.54) is 0 Å². The van der Waals surface area contributed by atoms with Gasteiger partial charge in [0.2, 0.25) is 0 Å². The molecule has 0 fully saturated rings. The fourth-order valence-electron chi connectivity index (χ4n) is 1.65. The summed E-state index contributed by atoms with van der Waals surface area (Å²) in [5, 5.41) is 10.4. The molecule has 2 N–H and O–H groups in total. The third-order valence-electron chi connectivity index (χ3n) is 2.82. The zero-order valence-corrected chi connectivity index (χ0v) is 11.4. The van der Waals surface area contributed by atoms with Crippen molar-refractivity contribution in [3.05, 3.63) is 69.0 Å². The molecule has 0 unspecified atom stereocenters. The third-order valence-corrected chi connectivity index (χ3v) is 2.82. The number of nitrogens with one attached hydrogen (secondary N) is 2. The summed E-state index contributed by atoms with van der Waals surface area (Å²) in [7, 11) is 0. The summed E-state index contributed by atoms with van der Waals surface area (Å²) in [5.41, 5.74) is 1.52. The molecule has 0 aliphatic heterocycles. The van der Waals surface area contributed by atoms with E-state index >= 15 is 0 Å². The van der Waals surface area contributed by atoms with E-state index in [-0.39, 0.29) is 6.07 Å². The highest BCUT2D eigenvalue weighted by Crippen LogP contribution is 2.21. The summed E-state index contributed by atoms with van der Waals surface area (Å²) in [6.45, 7) is 0. The van der Waals surface area contributed by atoms with Crippen molar-refractivity contribution < 1.29 is 31.7 Å². The van der Waals surface area contributed by atoms with Crippen LogP contribution in [0.15, 0.2) is 24.3 Å². The molecule has 0 atom stereocenters. The Kier molecular flexibility index (Phi) is 4.62. The van der Waals surface area contributed by atoms with Gasteiger partial charge in [0.05, 0.1) is 22.2 Å². The fraction of sp³-hybridized carbons (Fsp3) is 0. The van der Waals surface area contributed by atoms with Gasteiger partial charge in [0.15, 0.2) is 29.1 Å². The number of carbonyl (C=O) groups excluding carboxylic acids is 1. The number of nitro benzene ring substituents is 1. The number of nitro groups is 1. The maximum absolute atomic E-state index is 13.6. The highest BCUT2D eigenvalue weighted by molar-refractivity contribution is 5.95. The first-order valence-electron chi connectivity index (χ1n) is 6.05. The van der Waals surface area contributed by atoms with Crippen molar-refractivity contribution in [3.8, 4) is 0 Å². The molecule has 11 heteroatoms. The molecular weight excluding hydrogens is 341 g/mol. The van der Waals surface area contributed by atoms with Gasteiger partial charge in [-0.3, -0.25) is 25.8 Å². The first kappa shape index (κ1) is 17.1. The number of amides is 1. The van der Waals surface area contributed by atoms with Gasteiger partial charge < -0.3 is 0 Å². The number of nitrogens with zero attached hydrogens (tertiary/aromatic N) is 1. The van der Waals surface area contributed by atoms with Gasteiger partial charge in [-0.25, -0.2) is 22.0 Å². The lowest BCUT2D eigenvalue weighted by atomic mass is 10.2. The largest absolute Gasteiger partial charge is 0.295 e. The highest BCUT2D eigenvalue weighted by Gasteiger charge is 2.23. The zero-order valence-electron chi connectivity index (χ0n) is 11.4. The van der Waals surface area contributed by atoms with Crippen LogP contribution < -0.4 is 10.9 Å². The molecule has 2 rings (SSSR count). The first-order chi connectivity index (χ1) is 11.2. The predicted octanol–water partition coefficient (Wildman–Crippen LogP) is 3.05. The molecule has 2 aromatic carbocycles. The van der Waals surface area contributed by atoms with Crippen LogP contribution in [0, 0.1) is 39.2 Å². The van der Waals surface area contributed by atoms with E-state index in [0.717, 1.165) is 12.1 Å². The van der Waals surface area contributed by atoms with E-state index in [1.54, 1.807) is 5.43 Å². The SMILES string of the molecule is O=C(NNc1ccc([N+](=O)[O-])cc1F)c1cc(F)c(F)c(F)c1F. The standard InChI is InChI=1S/C13H6F5N3O3/c14-7-3-5(21(23)24)1-2-9(7)19-20-13(22)6-4-8(15)11(17)12(18)10(6)16/h1-4,19H,(H,20,22). The molecule has 0 aromatic heterocycles. The van der Waals surface area contributed by atoms with Crippen molar-refractivity contribution in [2.45, 2.75) is 0 Å². The Bertz CT molecular complexity index is 844. The van der Waals surface area contributed by atoms with Crippen LogP contribution in [-0.2, 0) is 0 Å². The minimum Gasteiger partial charge on any atom is -0.295 e. The normalized spacial score (nSPS) is 10.4. The predicted molar refractivity (Wildman–Crippen MR) is 70.4 cm³/mol. The third kappa shape index (κ3) is 3.24. The second-order valence-electron chi connectivity index (χ2n) is 4.35. The molecule has 0 aliphatic rings. The number of rotatable bonds is 4. The van der Waals surface area contributed by atoms with Gasteiger partial charge in [0, 0.05) is 6.07 Å². The summed E-state index contributed by atoms with van der Waals surface area (Å²) < 4.78 is 65.8. The average molecular weight is 347 g/mol. The summed E-state index contributed by atoms with van der Waals surface area (Å²) in [6.07, 6.45) is 0. The maximum Gasteiger partial charge on any atom is 0.272 e. The molecule has 2 aromatic rings. The Labute approximate surface area is 130 Å². The molecular formula is C13H6F5N3O3. The van der Waals surface area contributed by atoms with E-state index in [2.05, 4.69) is 0 Å². The summed E-state index contributed by atoms with van der Waals surface area (Å²) in [5.74, 6) is -10.5. The van der Waals surface area contributed by atoms with Crippen LogP contribution >= 0.6 is 0 Å². The number of anilines is 1. The van der Waals surface area contributed by atoms with Crippen molar-refractivity contribution in [1.29, 1.82) is 0 Å². The fourth-order valence-corrected chi connectivity index (χ4v) is 1.65. The molecule has 0 saturated carbocycles. The van der Waals surface area contributed by atoms with Crippen LogP contribution in [0.5, 0.6) is 0 Å². The molecule has 6 nitrogen and oxygen atoms in total. The minimum absolute atomic E-state index is 0.122. The first-order valence-corrected chi connectivity index (χ1v) is 6.05. The van der Waals surface area contributed by atoms with Gasteiger partial charge in [-0.1, -0.05) is 0 Å². The van der Waals surface area contributed by atoms with Crippen LogP contribution in [0.3, 0.4) is 0 Å². The number of carbonyl (C=O) groups is 1. The molecule has 0 bridgehead atoms. The molecule has 0 saturated heterocycles. The molecule has 0 aliphatic carbocycles. The Morgan fingerprint density at radius 2 is 1.62 bits per heavy atom. The number of benzene rings is 2. The van der Waals surface area contributed by atoms with Crippen molar-refractivity contribution in [3.63, 3.8) is 0 Å². The van der Waals surface area contributed by atoms with Crippen molar-refractivity contribution in [2.75, 3.05) is 5.43 Å². The average Bonchev–Trinajstić information content (AvgIpc) is 2.54. The molecule has 1 amide bonds. The van der Waals surface area contributed by atoms with Crippen LogP contribution in [0.1, 0.15) is 10.4 Å². The van der Waals surface area contributed by atoms with Gasteiger partial charge in [-0.05, 0) is 12.1 Å². The van der Waals surface area contributed by atoms with Crippen molar-refractivity contribution in [2.24, 2.45) is 0 Å². The van der Waals surface area contributed by atoms with E-state index in [0.29, 0.717) is 6.07 Å². The molecule has 24 heavy (non-hydrogen) atoms. The monoisotopic (exact) mass is 347 g/mol. The van der Waals surface area contributed by atoms with Gasteiger partial charge in [-0.15, -0.1) is 0 Å². The zero-order chi connectivity index (χ0) is 18.0. The topological polar surface area (TPSA) is 84.3 Å². The lowest BCUT2D eigenvalue weighted by Gasteiger charge is -2.10. The van der Waals surface area contributed by atoms with E-state index < -0.39 is 56.9 Å². The molecule has 0 spiro atoms. The summed E-state index contributed by atoms with van der Waals surface area (Å²) in [6, 6.07) is 2.48. The summed E-state index contributed by atoms with van der Waals surface area (Å²) in [4.78, 5) is 21.2. The highest BCUT2D eigenvalue weighted by atomic mass is 19.2. The van der Waals surface area contributed by atoms with Gasteiger partial charge in [0.25, 0.3) is 11.6 Å². The molecule has 0 heterocycles. The Morgan fingerprint density at radius 3 is 2.21 bits per heavy atom. The van der Waals surface area contributed by atoms with Crippen molar-refractivity contribution in [1.82, 2.24) is 5.43 Å². The quantitative estimate of drug-likeness (QED) is 0.293. The lowest BCUT2D eigenvalue weighted by molar-refractivity contribution is -0.385. The van der Waals surface area contributed by atoms with E-state index in [1.807, 2.05) is 5.43 Å². The smallest absolute Gasteiger partial charge is 0.272 e. The number of hydrogen-bond acceptors (Lipinski definition) is 4. The Balaban J connectivity index is 2.19. The van der Waals surface area contributed by atoms with Gasteiger partial charge in [0.1, 0.15) is 0 Å². The number of non-ortho nitro benzene ring substituents is 1. The van der Waals surface area contributed by atoms with E-state index in [4.69, 9.17) is 0 Å². The number of hydrogen-bond donors (Lipinski definition) is 2. The number of halogens is 5. The van der Waals surface area contributed by atoms with E-state index in [9.17, 15) is 36.9 Å². The molecule has 126 valence electrons. The molecule has 0 radical (unpaired) electrons. The minimum atomic E-state index is -2.18. The van der Waals surface area contributed by atoms with Crippen LogP contribution in [0.25, 0.3) is 0 Å². The van der Waals surface area contributed by atoms with Crippen LogP contribution in [-0.4, -0.2) is 10.8 Å². The maximum atomic E-state index is 13.6. The van der Waals surface area contributed by atoms with Gasteiger partial charge in [-0.2, -0.15) is 0 Å². The Morgan fingerprint density at radius 1 is 0.958 bits per heavy atom. The van der Waals surface area contributed by atoms with Crippen LogP contribution in [0.4, 0.5) is 33.3 Å². The second-order valence-corrected chi connectivity index (χ2v) is 4.35. The van der Waals surface area contributed by atoms with Gasteiger partial charge >= 0.3 is 0 Å². The lowest BCUT2D eigenvalue weighted by Crippen LogP contribution is -2.31. The summed E-state index contributed by atoms with van der Waals surface area (Å²) >= 11 is 0. The Hall–Kier alpha value is -3.24. The van der Waals surface area contributed by atoms with Crippen molar-refractivity contribution >= 4 is 17.3 Å². The second kappa shape index (κ2) is 6.48.